The van der Waals surface area contributed by atoms with Crippen LogP contribution in [0.2, 0.25) is 5.02 Å². The quantitative estimate of drug-likeness (QED) is 0.789. The van der Waals surface area contributed by atoms with Crippen LogP contribution in [0.1, 0.15) is 25.3 Å². The lowest BCUT2D eigenvalue weighted by Gasteiger charge is -2.16. The summed E-state index contributed by atoms with van der Waals surface area (Å²) in [6.45, 7) is 3.59. The van der Waals surface area contributed by atoms with Gasteiger partial charge in [0.1, 0.15) is 5.75 Å². The molecule has 1 aliphatic rings. The largest absolute Gasteiger partial charge is 0.481 e. The average Bonchev–Trinajstić information content (AvgIpc) is 3.45. The van der Waals surface area contributed by atoms with Crippen molar-refractivity contribution in [1.82, 2.24) is 0 Å². The predicted octanol–water partition coefficient (Wildman–Crippen LogP) is 4.40. The molecule has 1 atom stereocenters. The Kier molecular flexibility index (Phi) is 5.47. The Morgan fingerprint density at radius 2 is 1.81 bits per heavy atom. The van der Waals surface area contributed by atoms with Gasteiger partial charge in [0.15, 0.2) is 6.10 Å². The van der Waals surface area contributed by atoms with Crippen molar-refractivity contribution >= 4 is 34.8 Å². The summed E-state index contributed by atoms with van der Waals surface area (Å²) in [7, 11) is 0. The Morgan fingerprint density at radius 3 is 2.46 bits per heavy atom. The molecule has 2 aromatic rings. The number of carbonyl (C=O) groups excluding carboxylic acids is 2. The third-order valence-electron chi connectivity index (χ3n) is 4.21. The fourth-order valence-electron chi connectivity index (χ4n) is 2.43. The number of ether oxygens (including phenoxy) is 1. The van der Waals surface area contributed by atoms with Crippen LogP contribution >= 0.6 is 11.6 Å². The molecule has 6 heteroatoms. The van der Waals surface area contributed by atoms with E-state index in [0.717, 1.165) is 18.4 Å². The number of nitrogens with one attached hydrogen (secondary N) is 2. The Labute approximate surface area is 157 Å². The van der Waals surface area contributed by atoms with E-state index < -0.39 is 6.10 Å². The van der Waals surface area contributed by atoms with E-state index in [-0.39, 0.29) is 17.7 Å². The lowest BCUT2D eigenvalue weighted by atomic mass is 10.1. The van der Waals surface area contributed by atoms with Gasteiger partial charge in [0.2, 0.25) is 5.91 Å². The van der Waals surface area contributed by atoms with E-state index in [9.17, 15) is 9.59 Å². The topological polar surface area (TPSA) is 67.4 Å². The van der Waals surface area contributed by atoms with Gasteiger partial charge < -0.3 is 15.4 Å². The highest BCUT2D eigenvalue weighted by molar-refractivity contribution is 6.30. The van der Waals surface area contributed by atoms with Crippen molar-refractivity contribution in [2.24, 2.45) is 5.92 Å². The van der Waals surface area contributed by atoms with Gasteiger partial charge in [0, 0.05) is 22.3 Å². The molecule has 2 amide bonds. The summed E-state index contributed by atoms with van der Waals surface area (Å²) in [6, 6.07) is 12.3. The molecular formula is C20H21ClN2O3. The summed E-state index contributed by atoms with van der Waals surface area (Å²) in [6.07, 6.45) is 1.21. The van der Waals surface area contributed by atoms with Gasteiger partial charge in [-0.3, -0.25) is 9.59 Å². The van der Waals surface area contributed by atoms with Crippen LogP contribution in [0.4, 0.5) is 11.4 Å². The Bertz CT molecular complexity index is 816. The second-order valence-corrected chi connectivity index (χ2v) is 6.93. The summed E-state index contributed by atoms with van der Waals surface area (Å²) >= 11 is 5.84. The van der Waals surface area contributed by atoms with Gasteiger partial charge in [-0.25, -0.2) is 0 Å². The van der Waals surface area contributed by atoms with Crippen molar-refractivity contribution in [3.63, 3.8) is 0 Å². The minimum atomic E-state index is -0.679. The number of halogens is 1. The van der Waals surface area contributed by atoms with E-state index in [1.165, 1.54) is 0 Å². The van der Waals surface area contributed by atoms with Crippen LogP contribution in [0, 0.1) is 12.8 Å². The first-order valence-corrected chi connectivity index (χ1v) is 8.95. The predicted molar refractivity (Wildman–Crippen MR) is 103 cm³/mol. The van der Waals surface area contributed by atoms with Crippen LogP contribution in [-0.4, -0.2) is 17.9 Å². The number of carbonyl (C=O) groups is 2. The summed E-state index contributed by atoms with van der Waals surface area (Å²) in [4.78, 5) is 24.3. The minimum Gasteiger partial charge on any atom is -0.481 e. The molecule has 3 rings (SSSR count). The summed E-state index contributed by atoms with van der Waals surface area (Å²) in [5, 5.41) is 6.35. The molecule has 1 fully saturated rings. The zero-order valence-electron chi connectivity index (χ0n) is 14.7. The minimum absolute atomic E-state index is 0.0380. The number of hydrogen-bond acceptors (Lipinski definition) is 3. The molecule has 5 nitrogen and oxygen atoms in total. The normalized spacial score (nSPS) is 14.4. The molecular weight excluding hydrogens is 352 g/mol. The van der Waals surface area contributed by atoms with Crippen LogP contribution in [0.5, 0.6) is 5.75 Å². The zero-order valence-corrected chi connectivity index (χ0v) is 15.5. The third kappa shape index (κ3) is 4.76. The molecule has 0 heterocycles. The molecule has 1 unspecified atom stereocenters. The maximum absolute atomic E-state index is 12.4. The van der Waals surface area contributed by atoms with Crippen molar-refractivity contribution in [2.75, 3.05) is 10.6 Å². The van der Waals surface area contributed by atoms with Crippen molar-refractivity contribution < 1.29 is 14.3 Å². The average molecular weight is 373 g/mol. The van der Waals surface area contributed by atoms with E-state index in [2.05, 4.69) is 10.6 Å². The van der Waals surface area contributed by atoms with Crippen molar-refractivity contribution in [2.45, 2.75) is 32.8 Å². The Balaban J connectivity index is 1.62. The van der Waals surface area contributed by atoms with Gasteiger partial charge >= 0.3 is 0 Å². The number of benzene rings is 2. The van der Waals surface area contributed by atoms with Crippen LogP contribution in [0.25, 0.3) is 0 Å². The Hall–Kier alpha value is -2.53. The first kappa shape index (κ1) is 18.3. The molecule has 0 spiro atoms. The molecule has 2 N–H and O–H groups in total. The third-order valence-corrected chi connectivity index (χ3v) is 4.46. The van der Waals surface area contributed by atoms with Crippen molar-refractivity contribution in [1.29, 1.82) is 0 Å². The van der Waals surface area contributed by atoms with Gasteiger partial charge in [-0.1, -0.05) is 17.7 Å². The maximum Gasteiger partial charge on any atom is 0.265 e. The molecule has 0 aliphatic heterocycles. The van der Waals surface area contributed by atoms with Gasteiger partial charge in [-0.2, -0.15) is 0 Å². The standard InChI is InChI=1S/C20H21ClN2O3/c1-12-3-8-16(11-18(12)23-20(25)14-4-5-14)22-19(24)13(2)26-17-9-6-15(21)7-10-17/h3,6-11,13-14H,4-5H2,1-2H3,(H,22,24)(H,23,25). The molecule has 136 valence electrons. The van der Waals surface area contributed by atoms with Gasteiger partial charge in [0.05, 0.1) is 0 Å². The van der Waals surface area contributed by atoms with Crippen LogP contribution in [0.15, 0.2) is 42.5 Å². The number of hydrogen-bond donors (Lipinski definition) is 2. The number of amides is 2. The monoisotopic (exact) mass is 372 g/mol. The van der Waals surface area contributed by atoms with Crippen LogP contribution in [0.3, 0.4) is 0 Å². The summed E-state index contributed by atoms with van der Waals surface area (Å²) in [5.74, 6) is 0.457. The summed E-state index contributed by atoms with van der Waals surface area (Å²) in [5.41, 5.74) is 2.27. The van der Waals surface area contributed by atoms with E-state index in [1.54, 1.807) is 43.3 Å². The fraction of sp³-hybridized carbons (Fsp3) is 0.300. The summed E-state index contributed by atoms with van der Waals surface area (Å²) < 4.78 is 5.62. The first-order valence-electron chi connectivity index (χ1n) is 8.57. The lowest BCUT2D eigenvalue weighted by Crippen LogP contribution is -2.30. The number of aryl methyl sites for hydroxylation is 1. The lowest BCUT2D eigenvalue weighted by molar-refractivity contribution is -0.122. The molecule has 1 aliphatic carbocycles. The van der Waals surface area contributed by atoms with E-state index in [0.29, 0.717) is 22.1 Å². The SMILES string of the molecule is Cc1ccc(NC(=O)C(C)Oc2ccc(Cl)cc2)cc1NC(=O)C1CC1. The maximum atomic E-state index is 12.4. The highest BCUT2D eigenvalue weighted by atomic mass is 35.5. The molecule has 0 radical (unpaired) electrons. The van der Waals surface area contributed by atoms with Crippen molar-refractivity contribution in [3.8, 4) is 5.75 Å². The molecule has 1 saturated carbocycles. The second-order valence-electron chi connectivity index (χ2n) is 6.50. The molecule has 2 aromatic carbocycles. The number of rotatable bonds is 6. The zero-order chi connectivity index (χ0) is 18.7. The highest BCUT2D eigenvalue weighted by Crippen LogP contribution is 2.31. The van der Waals surface area contributed by atoms with E-state index in [1.807, 2.05) is 13.0 Å². The molecule has 0 bridgehead atoms. The molecule has 26 heavy (non-hydrogen) atoms. The molecule has 0 aromatic heterocycles. The van der Waals surface area contributed by atoms with Crippen molar-refractivity contribution in [3.05, 3.63) is 53.1 Å². The van der Waals surface area contributed by atoms with Gasteiger partial charge in [-0.15, -0.1) is 0 Å². The smallest absolute Gasteiger partial charge is 0.265 e. The highest BCUT2D eigenvalue weighted by Gasteiger charge is 2.29. The molecule has 0 saturated heterocycles. The van der Waals surface area contributed by atoms with Crippen LogP contribution in [-0.2, 0) is 9.59 Å². The van der Waals surface area contributed by atoms with E-state index >= 15 is 0 Å². The van der Waals surface area contributed by atoms with Gasteiger partial charge in [0.25, 0.3) is 5.91 Å². The fourth-order valence-corrected chi connectivity index (χ4v) is 2.56. The number of anilines is 2. The van der Waals surface area contributed by atoms with E-state index in [4.69, 9.17) is 16.3 Å². The first-order chi connectivity index (χ1) is 12.4. The van der Waals surface area contributed by atoms with Crippen LogP contribution < -0.4 is 15.4 Å². The second kappa shape index (κ2) is 7.79. The van der Waals surface area contributed by atoms with Gasteiger partial charge in [-0.05, 0) is 68.7 Å². The Morgan fingerprint density at radius 1 is 1.12 bits per heavy atom.